The predicted octanol–water partition coefficient (Wildman–Crippen LogP) is 3.43. The van der Waals surface area contributed by atoms with Crippen molar-refractivity contribution in [3.05, 3.63) is 59.2 Å². The average Bonchev–Trinajstić information content (AvgIpc) is 2.65. The van der Waals surface area contributed by atoms with Crippen LogP contribution in [-0.4, -0.2) is 36.3 Å². The van der Waals surface area contributed by atoms with Gasteiger partial charge in [-0.15, -0.1) is 0 Å². The van der Waals surface area contributed by atoms with Crippen molar-refractivity contribution < 1.29 is 24.2 Å². The van der Waals surface area contributed by atoms with E-state index in [1.165, 1.54) is 12.1 Å². The van der Waals surface area contributed by atoms with Gasteiger partial charge in [-0.1, -0.05) is 12.1 Å². The lowest BCUT2D eigenvalue weighted by Gasteiger charge is -2.24. The molecule has 0 unspecified atom stereocenters. The molecule has 0 atom stereocenters. The van der Waals surface area contributed by atoms with Crippen LogP contribution in [0, 0.1) is 6.92 Å². The first-order chi connectivity index (χ1) is 13.0. The minimum Gasteiger partial charge on any atom is -0.490 e. The van der Waals surface area contributed by atoms with Crippen LogP contribution in [0.25, 0.3) is 0 Å². The van der Waals surface area contributed by atoms with Gasteiger partial charge in [0.25, 0.3) is 0 Å². The number of hydrogen-bond acceptors (Lipinski definition) is 4. The molecule has 2 N–H and O–H groups in total. The zero-order valence-electron chi connectivity index (χ0n) is 15.2. The summed E-state index contributed by atoms with van der Waals surface area (Å²) in [4.78, 5) is 23.3. The van der Waals surface area contributed by atoms with E-state index in [4.69, 9.17) is 14.6 Å². The molecular weight excluding hydrogens is 346 g/mol. The zero-order valence-corrected chi connectivity index (χ0v) is 15.2. The number of anilines is 1. The highest BCUT2D eigenvalue weighted by molar-refractivity contribution is 5.93. The van der Waals surface area contributed by atoms with Crippen LogP contribution in [-0.2, 0) is 16.0 Å². The Morgan fingerprint density at radius 3 is 2.67 bits per heavy atom. The summed E-state index contributed by atoms with van der Waals surface area (Å²) >= 11 is 0. The Hall–Kier alpha value is -2.86. The standard InChI is InChI=1S/C21H23NO5/c1-14-11-17(5-6-19(14)27-18-7-9-26-10-8-18)22-20(23)13-15-3-2-4-16(12-15)21(24)25/h2-6,11-12,18H,7-10,13H2,1H3,(H,22,23)(H,24,25). The number of rotatable bonds is 6. The number of amides is 1. The van der Waals surface area contributed by atoms with Gasteiger partial charge in [-0.2, -0.15) is 0 Å². The van der Waals surface area contributed by atoms with E-state index in [9.17, 15) is 9.59 Å². The summed E-state index contributed by atoms with van der Waals surface area (Å²) < 4.78 is 11.4. The van der Waals surface area contributed by atoms with Gasteiger partial charge in [-0.25, -0.2) is 4.79 Å². The minimum atomic E-state index is -1.01. The van der Waals surface area contributed by atoms with Crippen molar-refractivity contribution >= 4 is 17.6 Å². The first kappa shape index (κ1) is 18.9. The molecule has 1 amide bonds. The molecule has 6 heteroatoms. The second kappa shape index (κ2) is 8.68. The quantitative estimate of drug-likeness (QED) is 0.815. The van der Waals surface area contributed by atoms with Gasteiger partial charge < -0.3 is 19.9 Å². The van der Waals surface area contributed by atoms with E-state index in [0.717, 1.165) is 37.4 Å². The maximum Gasteiger partial charge on any atom is 0.335 e. The molecule has 1 heterocycles. The van der Waals surface area contributed by atoms with Crippen molar-refractivity contribution in [2.24, 2.45) is 0 Å². The summed E-state index contributed by atoms with van der Waals surface area (Å²) in [5.74, 6) is -0.392. The second-order valence-electron chi connectivity index (χ2n) is 6.64. The highest BCUT2D eigenvalue weighted by atomic mass is 16.5. The van der Waals surface area contributed by atoms with Crippen molar-refractivity contribution in [2.45, 2.75) is 32.3 Å². The Labute approximate surface area is 158 Å². The van der Waals surface area contributed by atoms with Gasteiger partial charge in [-0.05, 0) is 48.4 Å². The van der Waals surface area contributed by atoms with Gasteiger partial charge in [0.1, 0.15) is 11.9 Å². The number of carboxylic acids is 1. The number of carbonyl (C=O) groups excluding carboxylic acids is 1. The first-order valence-electron chi connectivity index (χ1n) is 8.98. The molecule has 0 aliphatic carbocycles. The summed E-state index contributed by atoms with van der Waals surface area (Å²) in [6.45, 7) is 3.39. The van der Waals surface area contributed by atoms with E-state index in [1.54, 1.807) is 12.1 Å². The van der Waals surface area contributed by atoms with Gasteiger partial charge >= 0.3 is 5.97 Å². The lowest BCUT2D eigenvalue weighted by atomic mass is 10.1. The summed E-state index contributed by atoms with van der Waals surface area (Å²) in [7, 11) is 0. The Morgan fingerprint density at radius 2 is 1.96 bits per heavy atom. The first-order valence-corrected chi connectivity index (χ1v) is 8.98. The van der Waals surface area contributed by atoms with E-state index >= 15 is 0 Å². The van der Waals surface area contributed by atoms with Crippen LogP contribution in [0.15, 0.2) is 42.5 Å². The lowest BCUT2D eigenvalue weighted by molar-refractivity contribution is -0.115. The van der Waals surface area contributed by atoms with Crippen LogP contribution in [0.3, 0.4) is 0 Å². The van der Waals surface area contributed by atoms with Crippen LogP contribution in [0.5, 0.6) is 5.75 Å². The maximum atomic E-state index is 12.3. The summed E-state index contributed by atoms with van der Waals surface area (Å²) in [6.07, 6.45) is 2.04. The number of hydrogen-bond donors (Lipinski definition) is 2. The largest absolute Gasteiger partial charge is 0.490 e. The van der Waals surface area contributed by atoms with Crippen LogP contribution in [0.2, 0.25) is 0 Å². The van der Waals surface area contributed by atoms with E-state index in [0.29, 0.717) is 11.3 Å². The summed E-state index contributed by atoms with van der Waals surface area (Å²) in [6, 6.07) is 11.9. The SMILES string of the molecule is Cc1cc(NC(=O)Cc2cccc(C(=O)O)c2)ccc1OC1CCOCC1. The monoisotopic (exact) mass is 369 g/mol. The van der Waals surface area contributed by atoms with Crippen molar-refractivity contribution in [3.63, 3.8) is 0 Å². The predicted molar refractivity (Wildman–Crippen MR) is 101 cm³/mol. The topological polar surface area (TPSA) is 84.9 Å². The molecule has 1 saturated heterocycles. The highest BCUT2D eigenvalue weighted by Crippen LogP contribution is 2.25. The fourth-order valence-corrected chi connectivity index (χ4v) is 3.04. The summed E-state index contributed by atoms with van der Waals surface area (Å²) in [5, 5.41) is 11.9. The molecule has 2 aromatic carbocycles. The number of ether oxygens (including phenoxy) is 2. The third kappa shape index (κ3) is 5.31. The number of aromatic carboxylic acids is 1. The van der Waals surface area contributed by atoms with Crippen molar-refractivity contribution in [3.8, 4) is 5.75 Å². The van der Waals surface area contributed by atoms with E-state index < -0.39 is 5.97 Å². The molecular formula is C21H23NO5. The molecule has 2 aromatic rings. The maximum absolute atomic E-state index is 12.3. The third-order valence-electron chi connectivity index (χ3n) is 4.46. The Bertz CT molecular complexity index is 827. The van der Waals surface area contributed by atoms with Gasteiger partial charge in [0.15, 0.2) is 0 Å². The van der Waals surface area contributed by atoms with Gasteiger partial charge in [0, 0.05) is 18.5 Å². The van der Waals surface area contributed by atoms with Gasteiger partial charge in [0.2, 0.25) is 5.91 Å². The van der Waals surface area contributed by atoms with Crippen molar-refractivity contribution in [2.75, 3.05) is 18.5 Å². The molecule has 1 fully saturated rings. The number of aryl methyl sites for hydroxylation is 1. The van der Waals surface area contributed by atoms with E-state index in [-0.39, 0.29) is 24.0 Å². The molecule has 0 radical (unpaired) electrons. The smallest absolute Gasteiger partial charge is 0.335 e. The highest BCUT2D eigenvalue weighted by Gasteiger charge is 2.16. The molecule has 142 valence electrons. The second-order valence-corrected chi connectivity index (χ2v) is 6.64. The molecule has 6 nitrogen and oxygen atoms in total. The van der Waals surface area contributed by atoms with Crippen LogP contribution in [0.1, 0.15) is 34.3 Å². The van der Waals surface area contributed by atoms with Crippen molar-refractivity contribution in [1.82, 2.24) is 0 Å². The van der Waals surface area contributed by atoms with Gasteiger partial charge in [0.05, 0.1) is 25.2 Å². The fourth-order valence-electron chi connectivity index (χ4n) is 3.04. The Morgan fingerprint density at radius 1 is 1.19 bits per heavy atom. The normalized spacial score (nSPS) is 14.6. The Kier molecular flexibility index (Phi) is 6.08. The minimum absolute atomic E-state index is 0.112. The summed E-state index contributed by atoms with van der Waals surface area (Å²) in [5.41, 5.74) is 2.47. The number of benzene rings is 2. The molecule has 3 rings (SSSR count). The number of carboxylic acid groups (broad SMARTS) is 1. The van der Waals surface area contributed by atoms with Crippen LogP contribution >= 0.6 is 0 Å². The van der Waals surface area contributed by atoms with Crippen LogP contribution in [0.4, 0.5) is 5.69 Å². The van der Waals surface area contributed by atoms with Crippen LogP contribution < -0.4 is 10.1 Å². The van der Waals surface area contributed by atoms with Crippen molar-refractivity contribution in [1.29, 1.82) is 0 Å². The molecule has 27 heavy (non-hydrogen) atoms. The molecule has 0 aromatic heterocycles. The lowest BCUT2D eigenvalue weighted by Crippen LogP contribution is -2.26. The number of carbonyl (C=O) groups is 2. The molecule has 1 aliphatic rings. The van der Waals surface area contributed by atoms with E-state index in [1.807, 2.05) is 25.1 Å². The molecule has 0 spiro atoms. The molecule has 0 saturated carbocycles. The zero-order chi connectivity index (χ0) is 19.2. The molecule has 1 aliphatic heterocycles. The van der Waals surface area contributed by atoms with Gasteiger partial charge in [-0.3, -0.25) is 4.79 Å². The third-order valence-corrected chi connectivity index (χ3v) is 4.46. The Balaban J connectivity index is 1.60. The van der Waals surface area contributed by atoms with E-state index in [2.05, 4.69) is 5.32 Å². The molecule has 0 bridgehead atoms. The number of nitrogens with one attached hydrogen (secondary N) is 1. The fraction of sp³-hybridized carbons (Fsp3) is 0.333. The average molecular weight is 369 g/mol.